The summed E-state index contributed by atoms with van der Waals surface area (Å²) in [6.07, 6.45) is 7.58. The predicted octanol–water partition coefficient (Wildman–Crippen LogP) is 2.49. The molecular weight excluding hydrogens is 302 g/mol. The third kappa shape index (κ3) is 2.58. The van der Waals surface area contributed by atoms with Crippen LogP contribution in [0.15, 0.2) is 49.1 Å². The summed E-state index contributed by atoms with van der Waals surface area (Å²) in [5, 5.41) is 4.27. The second-order valence-corrected chi connectivity index (χ2v) is 6.37. The van der Waals surface area contributed by atoms with Crippen LogP contribution in [0.4, 0.5) is 0 Å². The molecule has 1 fully saturated rings. The summed E-state index contributed by atoms with van der Waals surface area (Å²) >= 11 is 0. The van der Waals surface area contributed by atoms with Crippen molar-refractivity contribution in [3.63, 3.8) is 0 Å². The van der Waals surface area contributed by atoms with Crippen LogP contribution in [0.2, 0.25) is 0 Å². The van der Waals surface area contributed by atoms with Crippen LogP contribution in [0.25, 0.3) is 11.0 Å². The number of carbonyl (C=O) groups is 1. The fourth-order valence-corrected chi connectivity index (χ4v) is 3.59. The lowest BCUT2D eigenvalue weighted by Crippen LogP contribution is -2.41. The van der Waals surface area contributed by atoms with Gasteiger partial charge in [-0.05, 0) is 38.0 Å². The normalized spacial score (nSPS) is 19.0. The van der Waals surface area contributed by atoms with Gasteiger partial charge in [-0.3, -0.25) is 9.48 Å². The lowest BCUT2D eigenvalue weighted by Gasteiger charge is -2.28. The van der Waals surface area contributed by atoms with Crippen molar-refractivity contribution < 1.29 is 4.79 Å². The highest BCUT2D eigenvalue weighted by molar-refractivity contribution is 5.84. The first kappa shape index (κ1) is 14.9. The number of hydrogen-bond acceptors (Lipinski definition) is 3. The molecule has 6 heteroatoms. The van der Waals surface area contributed by atoms with E-state index in [1.807, 2.05) is 57.6 Å². The maximum absolute atomic E-state index is 13.1. The Balaban J connectivity index is 1.55. The molecule has 3 aromatic rings. The molecule has 124 valence electrons. The van der Waals surface area contributed by atoms with E-state index >= 15 is 0 Å². The number of amides is 1. The van der Waals surface area contributed by atoms with E-state index in [4.69, 9.17) is 0 Å². The number of aromatic nitrogens is 4. The van der Waals surface area contributed by atoms with E-state index in [0.717, 1.165) is 37.0 Å². The van der Waals surface area contributed by atoms with Gasteiger partial charge in [0.25, 0.3) is 0 Å². The lowest BCUT2D eigenvalue weighted by atomic mass is 10.2. The molecule has 0 radical (unpaired) electrons. The largest absolute Gasteiger partial charge is 0.336 e. The maximum atomic E-state index is 13.1. The summed E-state index contributed by atoms with van der Waals surface area (Å²) in [4.78, 5) is 19.5. The zero-order valence-electron chi connectivity index (χ0n) is 13.7. The Bertz CT molecular complexity index is 838. The third-order valence-electron chi connectivity index (χ3n) is 4.87. The fourth-order valence-electron chi connectivity index (χ4n) is 3.59. The number of hydrogen-bond donors (Lipinski definition) is 0. The van der Waals surface area contributed by atoms with Crippen molar-refractivity contribution >= 4 is 16.9 Å². The number of likely N-dealkylation sites (tertiary alicyclic amines) is 1. The van der Waals surface area contributed by atoms with Gasteiger partial charge in [0.2, 0.25) is 5.91 Å². The molecule has 1 saturated heterocycles. The highest BCUT2D eigenvalue weighted by Crippen LogP contribution is 2.25. The molecule has 2 unspecified atom stereocenters. The van der Waals surface area contributed by atoms with Gasteiger partial charge >= 0.3 is 0 Å². The van der Waals surface area contributed by atoms with Crippen LogP contribution in [-0.4, -0.2) is 42.7 Å². The molecule has 0 N–H and O–H groups in total. The number of carbonyl (C=O) groups excluding carboxylic acids is 1. The van der Waals surface area contributed by atoms with Gasteiger partial charge in [0, 0.05) is 18.9 Å². The fraction of sp³-hybridized carbons (Fsp3) is 0.389. The van der Waals surface area contributed by atoms with Crippen LogP contribution in [0.3, 0.4) is 0 Å². The van der Waals surface area contributed by atoms with Crippen molar-refractivity contribution in [3.8, 4) is 0 Å². The number of fused-ring (bicyclic) bond motifs is 1. The highest BCUT2D eigenvalue weighted by atomic mass is 16.2. The van der Waals surface area contributed by atoms with Gasteiger partial charge < -0.3 is 9.47 Å². The first-order valence-corrected chi connectivity index (χ1v) is 8.43. The average Bonchev–Trinajstić information content (AvgIpc) is 3.34. The van der Waals surface area contributed by atoms with Gasteiger partial charge in [0.05, 0.1) is 29.9 Å². The predicted molar refractivity (Wildman–Crippen MR) is 91.4 cm³/mol. The maximum Gasteiger partial charge on any atom is 0.245 e. The molecule has 1 amide bonds. The van der Waals surface area contributed by atoms with Crippen molar-refractivity contribution in [1.82, 2.24) is 24.2 Å². The summed E-state index contributed by atoms with van der Waals surface area (Å²) in [6, 6.07) is 9.81. The van der Waals surface area contributed by atoms with Gasteiger partial charge in [-0.25, -0.2) is 4.98 Å². The number of para-hydroxylation sites is 2. The Morgan fingerprint density at radius 1 is 1.33 bits per heavy atom. The lowest BCUT2D eigenvalue weighted by molar-refractivity contribution is -0.135. The highest BCUT2D eigenvalue weighted by Gasteiger charge is 2.32. The van der Waals surface area contributed by atoms with Crippen LogP contribution < -0.4 is 0 Å². The van der Waals surface area contributed by atoms with Gasteiger partial charge in [-0.1, -0.05) is 12.1 Å². The van der Waals surface area contributed by atoms with Gasteiger partial charge in [0.15, 0.2) is 0 Å². The summed E-state index contributed by atoms with van der Waals surface area (Å²) in [5.41, 5.74) is 1.92. The second kappa shape index (κ2) is 6.11. The first-order chi connectivity index (χ1) is 11.7. The zero-order chi connectivity index (χ0) is 16.5. The summed E-state index contributed by atoms with van der Waals surface area (Å²) in [5.74, 6) is 0.160. The standard InChI is InChI=1S/C18H21N5O/c1-14(23-13-19-16-7-2-3-8-17(16)23)18(24)22-11-4-6-15(22)12-21-10-5-9-20-21/h2-3,5,7-10,13-15H,4,6,11-12H2,1H3. The Morgan fingerprint density at radius 2 is 2.21 bits per heavy atom. The smallest absolute Gasteiger partial charge is 0.245 e. The zero-order valence-corrected chi connectivity index (χ0v) is 13.7. The Labute approximate surface area is 140 Å². The number of benzene rings is 1. The minimum atomic E-state index is -0.254. The Hall–Kier alpha value is -2.63. The van der Waals surface area contributed by atoms with Crippen LogP contribution in [0.1, 0.15) is 25.8 Å². The molecule has 6 nitrogen and oxygen atoms in total. The van der Waals surface area contributed by atoms with Crippen molar-refractivity contribution in [2.24, 2.45) is 0 Å². The minimum Gasteiger partial charge on any atom is -0.336 e. The third-order valence-corrected chi connectivity index (χ3v) is 4.87. The monoisotopic (exact) mass is 323 g/mol. The Morgan fingerprint density at radius 3 is 3.04 bits per heavy atom. The molecule has 0 aliphatic carbocycles. The first-order valence-electron chi connectivity index (χ1n) is 8.43. The van der Waals surface area contributed by atoms with E-state index in [9.17, 15) is 4.79 Å². The summed E-state index contributed by atoms with van der Waals surface area (Å²) in [6.45, 7) is 3.54. The molecule has 1 aromatic carbocycles. The minimum absolute atomic E-state index is 0.160. The van der Waals surface area contributed by atoms with Crippen molar-refractivity contribution in [2.75, 3.05) is 6.54 Å². The van der Waals surface area contributed by atoms with Crippen LogP contribution in [0, 0.1) is 0 Å². The van der Waals surface area contributed by atoms with E-state index in [0.29, 0.717) is 0 Å². The van der Waals surface area contributed by atoms with Crippen LogP contribution in [-0.2, 0) is 11.3 Å². The number of nitrogens with zero attached hydrogens (tertiary/aromatic N) is 5. The quantitative estimate of drug-likeness (QED) is 0.741. The molecule has 24 heavy (non-hydrogen) atoms. The van der Waals surface area contributed by atoms with E-state index in [1.54, 1.807) is 12.5 Å². The molecule has 4 rings (SSSR count). The van der Waals surface area contributed by atoms with E-state index in [-0.39, 0.29) is 18.0 Å². The molecular formula is C18H21N5O. The molecule has 0 saturated carbocycles. The molecule has 2 aromatic heterocycles. The summed E-state index contributed by atoms with van der Waals surface area (Å²) in [7, 11) is 0. The van der Waals surface area contributed by atoms with Gasteiger partial charge in [0.1, 0.15) is 6.04 Å². The van der Waals surface area contributed by atoms with Crippen molar-refractivity contribution in [1.29, 1.82) is 0 Å². The molecule has 0 bridgehead atoms. The second-order valence-electron chi connectivity index (χ2n) is 6.37. The van der Waals surface area contributed by atoms with E-state index in [2.05, 4.69) is 10.1 Å². The topological polar surface area (TPSA) is 56.0 Å². The molecule has 3 heterocycles. The number of imidazole rings is 1. The summed E-state index contributed by atoms with van der Waals surface area (Å²) < 4.78 is 3.88. The van der Waals surface area contributed by atoms with E-state index in [1.165, 1.54) is 0 Å². The Kier molecular flexibility index (Phi) is 3.80. The number of rotatable bonds is 4. The van der Waals surface area contributed by atoms with Crippen LogP contribution >= 0.6 is 0 Å². The van der Waals surface area contributed by atoms with Crippen LogP contribution in [0.5, 0.6) is 0 Å². The molecule has 0 spiro atoms. The molecule has 1 aliphatic rings. The van der Waals surface area contributed by atoms with Crippen molar-refractivity contribution in [3.05, 3.63) is 49.1 Å². The SMILES string of the molecule is CC(C(=O)N1CCCC1Cn1cccn1)n1cnc2ccccc21. The van der Waals surface area contributed by atoms with E-state index < -0.39 is 0 Å². The molecule has 2 atom stereocenters. The average molecular weight is 323 g/mol. The van der Waals surface area contributed by atoms with Gasteiger partial charge in [-0.15, -0.1) is 0 Å². The van der Waals surface area contributed by atoms with Gasteiger partial charge in [-0.2, -0.15) is 5.10 Å². The van der Waals surface area contributed by atoms with Crippen molar-refractivity contribution in [2.45, 2.75) is 38.4 Å². The molecule has 1 aliphatic heterocycles.